The minimum absolute atomic E-state index is 0.865. The number of para-hydroxylation sites is 1. The smallest absolute Gasteiger partial charge is 0.113 e. The van der Waals surface area contributed by atoms with Gasteiger partial charge in [-0.25, -0.2) is 0 Å². The number of halogens is 1. The molecule has 3 nitrogen and oxygen atoms in total. The number of hydrogen-bond donors (Lipinski definition) is 0. The second-order valence-electron chi connectivity index (χ2n) is 4.19. The maximum Gasteiger partial charge on any atom is 0.113 e. The zero-order chi connectivity index (χ0) is 13.1. The summed E-state index contributed by atoms with van der Waals surface area (Å²) in [6.45, 7) is 0. The van der Waals surface area contributed by atoms with Crippen LogP contribution in [0.3, 0.4) is 0 Å². The van der Waals surface area contributed by atoms with Crippen LogP contribution in [-0.2, 0) is 5.33 Å². The number of benzene rings is 2. The van der Waals surface area contributed by atoms with Crippen LogP contribution in [-0.4, -0.2) is 15.0 Å². The van der Waals surface area contributed by atoms with E-state index in [4.69, 9.17) is 0 Å². The topological polar surface area (TPSA) is 30.7 Å². The molecule has 0 atom stereocenters. The Kier molecular flexibility index (Phi) is 3.42. The number of hydrogen-bond acceptors (Lipinski definition) is 2. The van der Waals surface area contributed by atoms with Crippen LogP contribution in [0.2, 0.25) is 0 Å². The van der Waals surface area contributed by atoms with E-state index in [0.29, 0.717) is 0 Å². The first-order valence-electron chi connectivity index (χ1n) is 6.00. The second-order valence-corrected chi connectivity index (χ2v) is 4.75. The summed E-state index contributed by atoms with van der Waals surface area (Å²) in [6, 6.07) is 18.2. The lowest BCUT2D eigenvalue weighted by atomic mass is 10.1. The highest BCUT2D eigenvalue weighted by Gasteiger charge is 2.04. The molecule has 0 spiro atoms. The van der Waals surface area contributed by atoms with Crippen molar-refractivity contribution in [1.82, 2.24) is 15.0 Å². The third-order valence-corrected chi connectivity index (χ3v) is 3.53. The molecule has 1 heterocycles. The first-order valence-corrected chi connectivity index (χ1v) is 7.12. The Balaban J connectivity index is 1.92. The van der Waals surface area contributed by atoms with Gasteiger partial charge < -0.3 is 0 Å². The molecule has 0 aliphatic carbocycles. The third-order valence-electron chi connectivity index (χ3n) is 2.88. The Morgan fingerprint density at radius 3 is 2.37 bits per heavy atom. The standard InChI is InChI=1S/C15H12BrN3/c16-10-12-6-8-13(9-7-12)15-11-17-19(18-15)14-4-2-1-3-5-14/h1-9,11H,10H2. The van der Waals surface area contributed by atoms with Crippen LogP contribution in [0.5, 0.6) is 0 Å². The molecule has 4 heteroatoms. The molecule has 0 bridgehead atoms. The number of alkyl halides is 1. The van der Waals surface area contributed by atoms with Crippen LogP contribution < -0.4 is 0 Å². The van der Waals surface area contributed by atoms with Gasteiger partial charge in [0.05, 0.1) is 11.9 Å². The highest BCUT2D eigenvalue weighted by molar-refractivity contribution is 9.08. The van der Waals surface area contributed by atoms with Gasteiger partial charge in [0.15, 0.2) is 0 Å². The van der Waals surface area contributed by atoms with Gasteiger partial charge in [0.2, 0.25) is 0 Å². The minimum atomic E-state index is 0.865. The van der Waals surface area contributed by atoms with E-state index in [-0.39, 0.29) is 0 Å². The fraction of sp³-hybridized carbons (Fsp3) is 0.0667. The molecule has 0 saturated heterocycles. The van der Waals surface area contributed by atoms with Crippen LogP contribution in [0.25, 0.3) is 16.9 Å². The summed E-state index contributed by atoms with van der Waals surface area (Å²) in [7, 11) is 0. The maximum atomic E-state index is 4.50. The van der Waals surface area contributed by atoms with Gasteiger partial charge in [0.25, 0.3) is 0 Å². The predicted octanol–water partition coefficient (Wildman–Crippen LogP) is 3.83. The second kappa shape index (κ2) is 5.36. The van der Waals surface area contributed by atoms with Gasteiger partial charge in [-0.3, -0.25) is 0 Å². The SMILES string of the molecule is BrCc1ccc(-c2cnn(-c3ccccc3)n2)cc1. The minimum Gasteiger partial charge on any atom is -0.156 e. The molecule has 0 radical (unpaired) electrons. The Labute approximate surface area is 120 Å². The molecule has 0 unspecified atom stereocenters. The number of aromatic nitrogens is 3. The summed E-state index contributed by atoms with van der Waals surface area (Å²) in [5, 5.41) is 9.67. The molecule has 2 aromatic carbocycles. The fourth-order valence-electron chi connectivity index (χ4n) is 1.85. The van der Waals surface area contributed by atoms with E-state index in [1.54, 1.807) is 11.0 Å². The summed E-state index contributed by atoms with van der Waals surface area (Å²) >= 11 is 3.44. The van der Waals surface area contributed by atoms with Crippen molar-refractivity contribution >= 4 is 15.9 Å². The van der Waals surface area contributed by atoms with Crippen LogP contribution in [0.1, 0.15) is 5.56 Å². The molecule has 19 heavy (non-hydrogen) atoms. The van der Waals surface area contributed by atoms with Gasteiger partial charge >= 0.3 is 0 Å². The maximum absolute atomic E-state index is 4.50. The average Bonchev–Trinajstić information content (AvgIpc) is 2.98. The third kappa shape index (κ3) is 2.58. The molecular weight excluding hydrogens is 302 g/mol. The van der Waals surface area contributed by atoms with Crippen molar-refractivity contribution in [3.63, 3.8) is 0 Å². The highest BCUT2D eigenvalue weighted by atomic mass is 79.9. The van der Waals surface area contributed by atoms with Crippen molar-refractivity contribution in [3.05, 3.63) is 66.4 Å². The summed E-state index contributed by atoms with van der Waals surface area (Å²) in [5.74, 6) is 0. The van der Waals surface area contributed by atoms with E-state index >= 15 is 0 Å². The van der Waals surface area contributed by atoms with Crippen molar-refractivity contribution in [1.29, 1.82) is 0 Å². The Morgan fingerprint density at radius 1 is 0.947 bits per heavy atom. The molecule has 0 fully saturated rings. The highest BCUT2D eigenvalue weighted by Crippen LogP contribution is 2.18. The van der Waals surface area contributed by atoms with Gasteiger partial charge in [0, 0.05) is 10.9 Å². The van der Waals surface area contributed by atoms with Crippen molar-refractivity contribution in [2.75, 3.05) is 0 Å². The van der Waals surface area contributed by atoms with Crippen molar-refractivity contribution in [2.45, 2.75) is 5.33 Å². The lowest BCUT2D eigenvalue weighted by Gasteiger charge is -1.99. The van der Waals surface area contributed by atoms with Crippen molar-refractivity contribution < 1.29 is 0 Å². The number of rotatable bonds is 3. The fourth-order valence-corrected chi connectivity index (χ4v) is 2.22. The molecule has 0 amide bonds. The summed E-state index contributed by atoms with van der Waals surface area (Å²) in [4.78, 5) is 1.65. The van der Waals surface area contributed by atoms with E-state index in [0.717, 1.165) is 22.3 Å². The van der Waals surface area contributed by atoms with Gasteiger partial charge in [-0.05, 0) is 17.7 Å². The molecule has 0 aliphatic rings. The number of nitrogens with zero attached hydrogens (tertiary/aromatic N) is 3. The monoisotopic (exact) mass is 313 g/mol. The Hall–Kier alpha value is -1.94. The van der Waals surface area contributed by atoms with E-state index in [1.165, 1.54) is 5.56 Å². The molecule has 3 aromatic rings. The molecule has 0 N–H and O–H groups in total. The zero-order valence-electron chi connectivity index (χ0n) is 10.2. The van der Waals surface area contributed by atoms with Crippen molar-refractivity contribution in [2.24, 2.45) is 0 Å². The summed E-state index contributed by atoms with van der Waals surface area (Å²) in [5.41, 5.74) is 4.17. The first-order chi connectivity index (χ1) is 9.36. The zero-order valence-corrected chi connectivity index (χ0v) is 11.8. The lowest BCUT2D eigenvalue weighted by Crippen LogP contribution is -1.97. The van der Waals surface area contributed by atoms with Gasteiger partial charge in [-0.2, -0.15) is 9.90 Å². The van der Waals surface area contributed by atoms with Crippen molar-refractivity contribution in [3.8, 4) is 16.9 Å². The van der Waals surface area contributed by atoms with Crippen LogP contribution in [0.15, 0.2) is 60.8 Å². The quantitative estimate of drug-likeness (QED) is 0.688. The molecule has 3 rings (SSSR count). The first kappa shape index (κ1) is 12.1. The predicted molar refractivity (Wildman–Crippen MR) is 79.4 cm³/mol. The van der Waals surface area contributed by atoms with Gasteiger partial charge in [0.1, 0.15) is 5.69 Å². The van der Waals surface area contributed by atoms with Crippen LogP contribution in [0, 0.1) is 0 Å². The van der Waals surface area contributed by atoms with Gasteiger partial charge in [-0.1, -0.05) is 58.4 Å². The largest absolute Gasteiger partial charge is 0.156 e. The normalized spacial score (nSPS) is 10.6. The van der Waals surface area contributed by atoms with Crippen LogP contribution in [0.4, 0.5) is 0 Å². The molecule has 94 valence electrons. The van der Waals surface area contributed by atoms with Gasteiger partial charge in [-0.15, -0.1) is 5.10 Å². The lowest BCUT2D eigenvalue weighted by molar-refractivity contribution is 0.754. The van der Waals surface area contributed by atoms with E-state index in [1.807, 2.05) is 30.3 Å². The van der Waals surface area contributed by atoms with E-state index in [2.05, 4.69) is 50.4 Å². The average molecular weight is 314 g/mol. The van der Waals surface area contributed by atoms with E-state index < -0.39 is 0 Å². The summed E-state index contributed by atoms with van der Waals surface area (Å²) in [6.07, 6.45) is 1.79. The molecule has 0 aliphatic heterocycles. The molecular formula is C15H12BrN3. The van der Waals surface area contributed by atoms with Crippen LogP contribution >= 0.6 is 15.9 Å². The Morgan fingerprint density at radius 2 is 1.68 bits per heavy atom. The molecule has 0 saturated carbocycles. The van der Waals surface area contributed by atoms with E-state index in [9.17, 15) is 0 Å². The molecule has 1 aromatic heterocycles. The Bertz CT molecular complexity index is 659. The summed E-state index contributed by atoms with van der Waals surface area (Å²) < 4.78 is 0.